The number of hydrogen-bond donors (Lipinski definition) is 1. The molecule has 0 aromatic heterocycles. The summed E-state index contributed by atoms with van der Waals surface area (Å²) in [7, 11) is 1.40. The van der Waals surface area contributed by atoms with Gasteiger partial charge in [0.25, 0.3) is 0 Å². The fourth-order valence-electron chi connectivity index (χ4n) is 4.39. The minimum absolute atomic E-state index is 0.0755. The standard InChI is InChI=1S/C21H27NO6/c1-25-21(24)14-3-2-13(10-14)20(23)22-15-4-6-16(7-5-15)28-17-8-9-18-19(11-17)27-12-26-18/h8-9,11,13-16H,2-7,10,12H2,1H3,(H,22,23)/t13-,14+,15?,16?/m0/s1. The van der Waals surface area contributed by atoms with Crippen LogP contribution in [0.3, 0.4) is 0 Å². The molecule has 3 aliphatic rings. The molecule has 1 aromatic carbocycles. The molecule has 2 saturated carbocycles. The second-order valence-electron chi connectivity index (χ2n) is 7.85. The molecule has 2 atom stereocenters. The van der Waals surface area contributed by atoms with E-state index in [1.54, 1.807) is 0 Å². The zero-order valence-corrected chi connectivity index (χ0v) is 16.1. The van der Waals surface area contributed by atoms with E-state index in [-0.39, 0.29) is 42.7 Å². The van der Waals surface area contributed by atoms with Crippen LogP contribution >= 0.6 is 0 Å². The third-order valence-corrected chi connectivity index (χ3v) is 6.01. The minimum Gasteiger partial charge on any atom is -0.490 e. The number of carbonyl (C=O) groups is 2. The molecular formula is C21H27NO6. The highest BCUT2D eigenvalue weighted by atomic mass is 16.7. The van der Waals surface area contributed by atoms with E-state index >= 15 is 0 Å². The van der Waals surface area contributed by atoms with Crippen LogP contribution in [0.15, 0.2) is 18.2 Å². The summed E-state index contributed by atoms with van der Waals surface area (Å²) in [5.41, 5.74) is 0. The highest BCUT2D eigenvalue weighted by Crippen LogP contribution is 2.36. The molecule has 1 N–H and O–H groups in total. The average molecular weight is 389 g/mol. The molecule has 7 heteroatoms. The third-order valence-electron chi connectivity index (χ3n) is 6.01. The van der Waals surface area contributed by atoms with Crippen LogP contribution in [0.5, 0.6) is 17.2 Å². The number of hydrogen-bond acceptors (Lipinski definition) is 6. The Hall–Kier alpha value is -2.44. The van der Waals surface area contributed by atoms with Gasteiger partial charge in [0.1, 0.15) is 5.75 Å². The molecule has 0 spiro atoms. The van der Waals surface area contributed by atoms with Crippen molar-refractivity contribution in [3.05, 3.63) is 18.2 Å². The normalized spacial score (nSPS) is 28.6. The number of esters is 1. The van der Waals surface area contributed by atoms with E-state index in [1.807, 2.05) is 18.2 Å². The minimum atomic E-state index is -0.198. The fourth-order valence-corrected chi connectivity index (χ4v) is 4.39. The number of rotatable bonds is 5. The van der Waals surface area contributed by atoms with Crippen LogP contribution in [-0.4, -0.2) is 37.9 Å². The molecule has 2 aliphatic carbocycles. The Bertz CT molecular complexity index is 728. The fraction of sp³-hybridized carbons (Fsp3) is 0.619. The highest BCUT2D eigenvalue weighted by molar-refractivity contribution is 5.81. The van der Waals surface area contributed by atoms with Gasteiger partial charge < -0.3 is 24.3 Å². The van der Waals surface area contributed by atoms with Gasteiger partial charge in [-0.3, -0.25) is 9.59 Å². The highest BCUT2D eigenvalue weighted by Gasteiger charge is 2.35. The topological polar surface area (TPSA) is 83.1 Å². The van der Waals surface area contributed by atoms with Crippen molar-refractivity contribution in [2.45, 2.75) is 57.1 Å². The van der Waals surface area contributed by atoms with Crippen LogP contribution in [0.2, 0.25) is 0 Å². The Morgan fingerprint density at radius 3 is 2.54 bits per heavy atom. The molecule has 0 saturated heterocycles. The van der Waals surface area contributed by atoms with Gasteiger partial charge in [0.05, 0.1) is 19.1 Å². The summed E-state index contributed by atoms with van der Waals surface area (Å²) in [4.78, 5) is 24.2. The summed E-state index contributed by atoms with van der Waals surface area (Å²) in [5.74, 6) is 1.93. The summed E-state index contributed by atoms with van der Waals surface area (Å²) in [6, 6.07) is 5.82. The first-order valence-corrected chi connectivity index (χ1v) is 10.1. The van der Waals surface area contributed by atoms with E-state index in [4.69, 9.17) is 18.9 Å². The zero-order chi connectivity index (χ0) is 19.5. The number of carbonyl (C=O) groups excluding carboxylic acids is 2. The number of amides is 1. The molecular weight excluding hydrogens is 362 g/mol. The van der Waals surface area contributed by atoms with Gasteiger partial charge in [-0.15, -0.1) is 0 Å². The van der Waals surface area contributed by atoms with Crippen LogP contribution < -0.4 is 19.5 Å². The molecule has 1 amide bonds. The first kappa shape index (κ1) is 18.9. The molecule has 2 fully saturated rings. The Morgan fingerprint density at radius 2 is 1.75 bits per heavy atom. The quantitative estimate of drug-likeness (QED) is 0.780. The first-order chi connectivity index (χ1) is 13.6. The van der Waals surface area contributed by atoms with Crippen molar-refractivity contribution in [2.24, 2.45) is 11.8 Å². The lowest BCUT2D eigenvalue weighted by Crippen LogP contribution is -2.42. The lowest BCUT2D eigenvalue weighted by molar-refractivity contribution is -0.145. The number of nitrogens with one attached hydrogen (secondary N) is 1. The van der Waals surface area contributed by atoms with Crippen molar-refractivity contribution < 1.29 is 28.5 Å². The summed E-state index contributed by atoms with van der Waals surface area (Å²) in [5, 5.41) is 3.17. The van der Waals surface area contributed by atoms with Gasteiger partial charge in [0.2, 0.25) is 12.7 Å². The predicted molar refractivity (Wildman–Crippen MR) is 100 cm³/mol. The lowest BCUT2D eigenvalue weighted by atomic mass is 9.92. The Labute approximate surface area is 164 Å². The van der Waals surface area contributed by atoms with Crippen molar-refractivity contribution in [1.29, 1.82) is 0 Å². The molecule has 4 rings (SSSR count). The van der Waals surface area contributed by atoms with E-state index < -0.39 is 0 Å². The zero-order valence-electron chi connectivity index (χ0n) is 16.1. The molecule has 0 bridgehead atoms. The van der Waals surface area contributed by atoms with E-state index in [1.165, 1.54) is 7.11 Å². The molecule has 1 aliphatic heterocycles. The van der Waals surface area contributed by atoms with E-state index in [0.29, 0.717) is 6.42 Å². The van der Waals surface area contributed by atoms with Crippen molar-refractivity contribution in [3.63, 3.8) is 0 Å². The van der Waals surface area contributed by atoms with Gasteiger partial charge in [-0.2, -0.15) is 0 Å². The smallest absolute Gasteiger partial charge is 0.308 e. The molecule has 0 radical (unpaired) electrons. The third kappa shape index (κ3) is 4.18. The lowest BCUT2D eigenvalue weighted by Gasteiger charge is -2.30. The van der Waals surface area contributed by atoms with Gasteiger partial charge in [-0.05, 0) is 57.1 Å². The summed E-state index contributed by atoms with van der Waals surface area (Å²) >= 11 is 0. The molecule has 0 unspecified atom stereocenters. The van der Waals surface area contributed by atoms with Crippen molar-refractivity contribution in [3.8, 4) is 17.2 Å². The Morgan fingerprint density at radius 1 is 1.00 bits per heavy atom. The van der Waals surface area contributed by atoms with Crippen LogP contribution in [-0.2, 0) is 14.3 Å². The molecule has 152 valence electrons. The number of methoxy groups -OCH3 is 1. The van der Waals surface area contributed by atoms with Gasteiger partial charge >= 0.3 is 5.97 Å². The van der Waals surface area contributed by atoms with Crippen LogP contribution in [0.1, 0.15) is 44.9 Å². The molecule has 1 heterocycles. The van der Waals surface area contributed by atoms with Crippen molar-refractivity contribution in [2.75, 3.05) is 13.9 Å². The van der Waals surface area contributed by atoms with Gasteiger partial charge in [-0.25, -0.2) is 0 Å². The van der Waals surface area contributed by atoms with E-state index in [2.05, 4.69) is 5.32 Å². The van der Waals surface area contributed by atoms with Gasteiger partial charge in [0.15, 0.2) is 11.5 Å². The summed E-state index contributed by atoms with van der Waals surface area (Å²) in [6.45, 7) is 0.255. The maximum atomic E-state index is 12.5. The van der Waals surface area contributed by atoms with E-state index in [9.17, 15) is 9.59 Å². The predicted octanol–water partition coefficient (Wildman–Crippen LogP) is 2.81. The molecule has 1 aromatic rings. The van der Waals surface area contributed by atoms with Crippen molar-refractivity contribution >= 4 is 11.9 Å². The number of ether oxygens (including phenoxy) is 4. The molecule has 7 nitrogen and oxygen atoms in total. The van der Waals surface area contributed by atoms with Crippen LogP contribution in [0.4, 0.5) is 0 Å². The SMILES string of the molecule is COC(=O)[C@@H]1CC[C@H](C(=O)NC2CCC(Oc3ccc4c(c3)OCO4)CC2)C1. The van der Waals surface area contributed by atoms with Crippen LogP contribution in [0.25, 0.3) is 0 Å². The first-order valence-electron chi connectivity index (χ1n) is 10.1. The monoisotopic (exact) mass is 389 g/mol. The van der Waals surface area contributed by atoms with E-state index in [0.717, 1.165) is 55.8 Å². The summed E-state index contributed by atoms with van der Waals surface area (Å²) in [6.07, 6.45) is 5.82. The Kier molecular flexibility index (Phi) is 5.59. The van der Waals surface area contributed by atoms with Gasteiger partial charge in [0, 0.05) is 18.0 Å². The molecule has 28 heavy (non-hydrogen) atoms. The number of benzene rings is 1. The van der Waals surface area contributed by atoms with Gasteiger partial charge in [-0.1, -0.05) is 0 Å². The van der Waals surface area contributed by atoms with Crippen molar-refractivity contribution in [1.82, 2.24) is 5.32 Å². The second-order valence-corrected chi connectivity index (χ2v) is 7.85. The summed E-state index contributed by atoms with van der Waals surface area (Å²) < 4.78 is 21.6. The second kappa shape index (κ2) is 8.29. The number of fused-ring (bicyclic) bond motifs is 1. The maximum absolute atomic E-state index is 12.5. The maximum Gasteiger partial charge on any atom is 0.308 e. The Balaban J connectivity index is 1.21. The average Bonchev–Trinajstić information content (AvgIpc) is 3.38. The largest absolute Gasteiger partial charge is 0.490 e. The van der Waals surface area contributed by atoms with Crippen LogP contribution in [0, 0.1) is 11.8 Å².